The summed E-state index contributed by atoms with van der Waals surface area (Å²) in [7, 11) is 0. The Bertz CT molecular complexity index is 964. The summed E-state index contributed by atoms with van der Waals surface area (Å²) in [4.78, 5) is 35.1. The van der Waals surface area contributed by atoms with E-state index in [2.05, 4.69) is 54.7 Å². The van der Waals surface area contributed by atoms with Gasteiger partial charge in [0, 0.05) is 31.7 Å². The van der Waals surface area contributed by atoms with Crippen molar-refractivity contribution in [2.75, 3.05) is 6.54 Å². The van der Waals surface area contributed by atoms with E-state index in [1.807, 2.05) is 25.1 Å². The van der Waals surface area contributed by atoms with Crippen LogP contribution in [0, 0.1) is 5.92 Å². The number of Topliss-reactive ketones (excluding diaryl/α,β-unsaturated/α-hetero) is 1. The van der Waals surface area contributed by atoms with Crippen molar-refractivity contribution in [1.29, 1.82) is 0 Å². The van der Waals surface area contributed by atoms with Crippen molar-refractivity contribution in [3.63, 3.8) is 0 Å². The predicted octanol–water partition coefficient (Wildman–Crippen LogP) is 5.32. The second-order valence-electron chi connectivity index (χ2n) is 8.21. The molecule has 2 rings (SSSR count). The lowest BCUT2D eigenvalue weighted by atomic mass is 9.89. The monoisotopic (exact) mass is 449 g/mol. The Kier molecular flexibility index (Phi) is 11.1. The van der Waals surface area contributed by atoms with Gasteiger partial charge in [0.25, 0.3) is 0 Å². The predicted molar refractivity (Wildman–Crippen MR) is 133 cm³/mol. The Morgan fingerprint density at radius 2 is 1.48 bits per heavy atom. The molecule has 0 fully saturated rings. The summed E-state index contributed by atoms with van der Waals surface area (Å²) < 4.78 is 0. The first-order valence-electron chi connectivity index (χ1n) is 11.8. The molecular formula is C28H35NO4. The summed E-state index contributed by atoms with van der Waals surface area (Å²) in [5, 5.41) is 11.4. The van der Waals surface area contributed by atoms with E-state index in [1.54, 1.807) is 0 Å². The third kappa shape index (κ3) is 9.05. The number of nitrogens with one attached hydrogen (secondary N) is 1. The van der Waals surface area contributed by atoms with E-state index in [0.29, 0.717) is 12.8 Å². The second kappa shape index (κ2) is 14.0. The quantitative estimate of drug-likeness (QED) is 0.383. The molecule has 1 unspecified atom stereocenters. The molecule has 2 aromatic carbocycles. The molecule has 1 atom stereocenters. The van der Waals surface area contributed by atoms with E-state index in [4.69, 9.17) is 5.11 Å². The smallest absolute Gasteiger partial charge is 0.303 e. The molecule has 0 saturated heterocycles. The average molecular weight is 450 g/mol. The van der Waals surface area contributed by atoms with Crippen LogP contribution in [-0.4, -0.2) is 29.3 Å². The molecular weight excluding hydrogens is 414 g/mol. The van der Waals surface area contributed by atoms with Crippen LogP contribution in [0.2, 0.25) is 0 Å². The third-order valence-corrected chi connectivity index (χ3v) is 5.84. The highest BCUT2D eigenvalue weighted by Crippen LogP contribution is 2.21. The van der Waals surface area contributed by atoms with Crippen molar-refractivity contribution in [3.05, 3.63) is 70.8 Å². The van der Waals surface area contributed by atoms with Crippen molar-refractivity contribution < 1.29 is 19.5 Å². The van der Waals surface area contributed by atoms with Gasteiger partial charge in [-0.1, -0.05) is 74.5 Å². The van der Waals surface area contributed by atoms with Crippen LogP contribution in [0.15, 0.2) is 48.5 Å². The van der Waals surface area contributed by atoms with Gasteiger partial charge in [-0.05, 0) is 47.9 Å². The zero-order chi connectivity index (χ0) is 24.1. The summed E-state index contributed by atoms with van der Waals surface area (Å²) in [5.74, 6) is -1.08. The highest BCUT2D eigenvalue weighted by Gasteiger charge is 2.18. The minimum atomic E-state index is -0.909. The van der Waals surface area contributed by atoms with Crippen LogP contribution in [-0.2, 0) is 27.2 Å². The van der Waals surface area contributed by atoms with Gasteiger partial charge in [0.2, 0.25) is 5.91 Å². The fraction of sp³-hybridized carbons (Fsp3) is 0.393. The van der Waals surface area contributed by atoms with Crippen LogP contribution < -0.4 is 5.32 Å². The number of carboxylic acid groups (broad SMARTS) is 1. The molecule has 0 heterocycles. The lowest BCUT2D eigenvalue weighted by Crippen LogP contribution is -2.28. The number of carbonyl (C=O) groups is 3. The number of hydrogen-bond acceptors (Lipinski definition) is 3. The maximum Gasteiger partial charge on any atom is 0.303 e. The van der Waals surface area contributed by atoms with Crippen molar-refractivity contribution in [1.82, 2.24) is 5.32 Å². The van der Waals surface area contributed by atoms with Gasteiger partial charge in [0.15, 0.2) is 0 Å². The average Bonchev–Trinajstić information content (AvgIpc) is 2.81. The molecule has 5 nitrogen and oxygen atoms in total. The topological polar surface area (TPSA) is 83.5 Å². The van der Waals surface area contributed by atoms with Gasteiger partial charge >= 0.3 is 5.97 Å². The summed E-state index contributed by atoms with van der Waals surface area (Å²) in [5.41, 5.74) is 4.76. The number of hydrogen-bond donors (Lipinski definition) is 2. The molecule has 0 aliphatic rings. The lowest BCUT2D eigenvalue weighted by molar-refractivity contribution is -0.137. The van der Waals surface area contributed by atoms with E-state index in [0.717, 1.165) is 24.0 Å². The van der Waals surface area contributed by atoms with Crippen molar-refractivity contribution in [2.45, 2.75) is 58.8 Å². The normalized spacial score (nSPS) is 11.9. The van der Waals surface area contributed by atoms with E-state index in [-0.39, 0.29) is 43.4 Å². The molecule has 2 aromatic rings. The summed E-state index contributed by atoms with van der Waals surface area (Å²) in [6.45, 7) is 4.45. The van der Waals surface area contributed by atoms with Crippen molar-refractivity contribution in [3.8, 4) is 0 Å². The van der Waals surface area contributed by atoms with Crippen LogP contribution in [0.4, 0.5) is 0 Å². The number of aryl methyl sites for hydroxylation is 1. The number of carbonyl (C=O) groups excluding carboxylic acids is 2. The van der Waals surface area contributed by atoms with Crippen LogP contribution in [0.1, 0.15) is 68.2 Å². The highest BCUT2D eigenvalue weighted by atomic mass is 16.4. The first-order valence-corrected chi connectivity index (χ1v) is 11.8. The van der Waals surface area contributed by atoms with Gasteiger partial charge in [-0.3, -0.25) is 14.4 Å². The summed E-state index contributed by atoms with van der Waals surface area (Å²) in [6, 6.07) is 16.5. The number of benzene rings is 2. The van der Waals surface area contributed by atoms with E-state index in [9.17, 15) is 14.4 Å². The number of rotatable bonds is 14. The first-order chi connectivity index (χ1) is 15.9. The minimum absolute atomic E-state index is 0.0257. The summed E-state index contributed by atoms with van der Waals surface area (Å²) >= 11 is 0. The standard InChI is InChI=1S/C28H35NO4/c1-3-21-10-5-6-11-23(21)16-17-24-12-7-8-13-25(24)20-22(4-2)26(30)18-19-29-27(31)14-9-15-28(32)33/h5-8,10-13,16-17,22H,3-4,9,14-15,18-20H2,1-2H3,(H,29,31)(H,32,33)/b17-16-. The maximum atomic E-state index is 12.8. The molecule has 0 bridgehead atoms. The Morgan fingerprint density at radius 1 is 0.879 bits per heavy atom. The molecule has 33 heavy (non-hydrogen) atoms. The van der Waals surface area contributed by atoms with Gasteiger partial charge < -0.3 is 10.4 Å². The molecule has 0 spiro atoms. The molecule has 5 heteroatoms. The van der Waals surface area contributed by atoms with Crippen molar-refractivity contribution in [2.24, 2.45) is 5.92 Å². The largest absolute Gasteiger partial charge is 0.481 e. The fourth-order valence-corrected chi connectivity index (χ4v) is 3.85. The number of aliphatic carboxylic acids is 1. The van der Waals surface area contributed by atoms with Crippen LogP contribution in [0.3, 0.4) is 0 Å². The Morgan fingerprint density at radius 3 is 2.09 bits per heavy atom. The Balaban J connectivity index is 1.95. The first kappa shape index (κ1) is 26.0. The van der Waals surface area contributed by atoms with E-state index < -0.39 is 5.97 Å². The van der Waals surface area contributed by atoms with E-state index >= 15 is 0 Å². The maximum absolute atomic E-state index is 12.8. The van der Waals surface area contributed by atoms with E-state index in [1.165, 1.54) is 11.1 Å². The number of amides is 1. The van der Waals surface area contributed by atoms with Gasteiger partial charge in [-0.15, -0.1) is 0 Å². The second-order valence-corrected chi connectivity index (χ2v) is 8.21. The molecule has 0 saturated carbocycles. The van der Waals surface area contributed by atoms with Gasteiger partial charge in [0.05, 0.1) is 0 Å². The molecule has 0 aromatic heterocycles. The van der Waals surface area contributed by atoms with Crippen LogP contribution in [0.5, 0.6) is 0 Å². The zero-order valence-corrected chi connectivity index (χ0v) is 19.7. The molecule has 1 amide bonds. The van der Waals surface area contributed by atoms with Crippen LogP contribution >= 0.6 is 0 Å². The third-order valence-electron chi connectivity index (χ3n) is 5.84. The Hall–Kier alpha value is -3.21. The molecule has 0 radical (unpaired) electrons. The van der Waals surface area contributed by atoms with Gasteiger partial charge in [-0.2, -0.15) is 0 Å². The van der Waals surface area contributed by atoms with Gasteiger partial charge in [0.1, 0.15) is 5.78 Å². The Labute approximate surface area is 196 Å². The van der Waals surface area contributed by atoms with Crippen LogP contribution in [0.25, 0.3) is 12.2 Å². The SMILES string of the molecule is CCc1ccccc1/C=C\c1ccccc1CC(CC)C(=O)CCNC(=O)CCCC(=O)O. The molecule has 0 aliphatic carbocycles. The van der Waals surface area contributed by atoms with Gasteiger partial charge in [-0.25, -0.2) is 0 Å². The zero-order valence-electron chi connectivity index (χ0n) is 19.7. The van der Waals surface area contributed by atoms with Crippen molar-refractivity contribution >= 4 is 29.8 Å². The molecule has 2 N–H and O–H groups in total. The number of carboxylic acids is 1. The highest BCUT2D eigenvalue weighted by molar-refractivity contribution is 5.83. The summed E-state index contributed by atoms with van der Waals surface area (Å²) in [6.07, 6.45) is 7.37. The number of ketones is 1. The molecule has 176 valence electrons. The molecule has 0 aliphatic heterocycles. The lowest BCUT2D eigenvalue weighted by Gasteiger charge is -2.16. The minimum Gasteiger partial charge on any atom is -0.481 e. The fourth-order valence-electron chi connectivity index (χ4n) is 3.85.